The number of ether oxygens (including phenoxy) is 1. The van der Waals surface area contributed by atoms with Gasteiger partial charge in [0.25, 0.3) is 0 Å². The number of fused-ring (bicyclic) bond motifs is 1. The fraction of sp³-hybridized carbons (Fsp3) is 0.400. The second-order valence-electron chi connectivity index (χ2n) is 3.58. The van der Waals surface area contributed by atoms with Crippen LogP contribution in [0.25, 0.3) is 0 Å². The van der Waals surface area contributed by atoms with Crippen LogP contribution < -0.4 is 16.2 Å². The van der Waals surface area contributed by atoms with Gasteiger partial charge in [0.15, 0.2) is 0 Å². The van der Waals surface area contributed by atoms with Crippen molar-refractivity contribution >= 4 is 5.69 Å². The number of nitrogen functional groups attached to an aromatic ring is 1. The van der Waals surface area contributed by atoms with Gasteiger partial charge in [-0.1, -0.05) is 0 Å². The summed E-state index contributed by atoms with van der Waals surface area (Å²) in [6.45, 7) is 0.504. The number of aliphatic hydroxyl groups excluding tert-OH is 1. The Labute approximate surface area is 82.5 Å². The van der Waals surface area contributed by atoms with E-state index in [4.69, 9.17) is 21.3 Å². The van der Waals surface area contributed by atoms with Gasteiger partial charge >= 0.3 is 0 Å². The lowest BCUT2D eigenvalue weighted by molar-refractivity contribution is 0.124. The summed E-state index contributed by atoms with van der Waals surface area (Å²) in [5.74, 6) is 0.737. The molecule has 4 heteroatoms. The molecule has 5 N–H and O–H groups in total. The molecule has 1 aliphatic rings. The average Bonchev–Trinajstić information content (AvgIpc) is 2.20. The SMILES string of the molecule is Nc1ccc2c(c1)[C@H](N)[C@H](CO)CO2. The Kier molecular flexibility index (Phi) is 2.31. The Balaban J connectivity index is 2.38. The van der Waals surface area contributed by atoms with Crippen molar-refractivity contribution in [2.75, 3.05) is 18.9 Å². The van der Waals surface area contributed by atoms with E-state index in [2.05, 4.69) is 0 Å². The zero-order valence-electron chi connectivity index (χ0n) is 7.81. The molecule has 1 heterocycles. The molecule has 0 spiro atoms. The summed E-state index contributed by atoms with van der Waals surface area (Å²) >= 11 is 0. The molecule has 0 saturated heterocycles. The number of nitrogens with two attached hydrogens (primary N) is 2. The normalized spacial score (nSPS) is 25.3. The predicted molar refractivity (Wildman–Crippen MR) is 53.9 cm³/mol. The van der Waals surface area contributed by atoms with Crippen LogP contribution >= 0.6 is 0 Å². The van der Waals surface area contributed by atoms with Crippen molar-refractivity contribution in [3.8, 4) is 5.75 Å². The molecule has 0 aliphatic carbocycles. The van der Waals surface area contributed by atoms with E-state index in [9.17, 15) is 0 Å². The minimum atomic E-state index is -0.188. The predicted octanol–water partition coefficient (Wildman–Crippen LogP) is 0.270. The van der Waals surface area contributed by atoms with E-state index in [1.807, 2.05) is 12.1 Å². The van der Waals surface area contributed by atoms with E-state index >= 15 is 0 Å². The first kappa shape index (κ1) is 9.30. The minimum Gasteiger partial charge on any atom is -0.493 e. The Morgan fingerprint density at radius 1 is 1.50 bits per heavy atom. The van der Waals surface area contributed by atoms with Crippen LogP contribution in [0.1, 0.15) is 11.6 Å². The maximum absolute atomic E-state index is 9.07. The van der Waals surface area contributed by atoms with Crippen LogP contribution in [0.3, 0.4) is 0 Å². The highest BCUT2D eigenvalue weighted by atomic mass is 16.5. The molecule has 1 aromatic carbocycles. The topological polar surface area (TPSA) is 81.5 Å². The van der Waals surface area contributed by atoms with E-state index < -0.39 is 0 Å². The zero-order valence-corrected chi connectivity index (χ0v) is 7.81. The van der Waals surface area contributed by atoms with Gasteiger partial charge in [-0.25, -0.2) is 0 Å². The van der Waals surface area contributed by atoms with Gasteiger partial charge in [-0.05, 0) is 18.2 Å². The molecule has 0 bridgehead atoms. The van der Waals surface area contributed by atoms with E-state index in [0.29, 0.717) is 12.3 Å². The van der Waals surface area contributed by atoms with Crippen molar-refractivity contribution in [1.82, 2.24) is 0 Å². The third-order valence-electron chi connectivity index (χ3n) is 2.59. The molecule has 1 aromatic rings. The lowest BCUT2D eigenvalue weighted by Gasteiger charge is -2.30. The van der Waals surface area contributed by atoms with Crippen molar-refractivity contribution in [3.05, 3.63) is 23.8 Å². The highest BCUT2D eigenvalue weighted by Crippen LogP contribution is 2.34. The summed E-state index contributed by atoms with van der Waals surface area (Å²) in [7, 11) is 0. The third kappa shape index (κ3) is 1.42. The number of hydrogen-bond donors (Lipinski definition) is 3. The molecule has 1 aliphatic heterocycles. The van der Waals surface area contributed by atoms with Crippen LogP contribution in [0.4, 0.5) is 5.69 Å². The van der Waals surface area contributed by atoms with Crippen LogP contribution in [0, 0.1) is 5.92 Å². The Bertz CT molecular complexity index is 341. The average molecular weight is 194 g/mol. The van der Waals surface area contributed by atoms with Crippen molar-refractivity contribution in [2.24, 2.45) is 11.7 Å². The second-order valence-corrected chi connectivity index (χ2v) is 3.58. The molecule has 14 heavy (non-hydrogen) atoms. The fourth-order valence-electron chi connectivity index (χ4n) is 1.68. The van der Waals surface area contributed by atoms with Crippen LogP contribution in [-0.2, 0) is 0 Å². The lowest BCUT2D eigenvalue weighted by atomic mass is 9.92. The van der Waals surface area contributed by atoms with Crippen molar-refractivity contribution < 1.29 is 9.84 Å². The van der Waals surface area contributed by atoms with Gasteiger partial charge in [0.2, 0.25) is 0 Å². The number of rotatable bonds is 1. The maximum atomic E-state index is 9.07. The van der Waals surface area contributed by atoms with Gasteiger partial charge in [-0.3, -0.25) is 0 Å². The van der Waals surface area contributed by atoms with E-state index in [-0.39, 0.29) is 18.6 Å². The van der Waals surface area contributed by atoms with Crippen LogP contribution in [0.2, 0.25) is 0 Å². The van der Waals surface area contributed by atoms with E-state index in [1.165, 1.54) is 0 Å². The maximum Gasteiger partial charge on any atom is 0.124 e. The largest absolute Gasteiger partial charge is 0.493 e. The molecule has 0 saturated carbocycles. The van der Waals surface area contributed by atoms with Crippen LogP contribution in [-0.4, -0.2) is 18.3 Å². The monoisotopic (exact) mass is 194 g/mol. The molecule has 0 aromatic heterocycles. The molecule has 0 unspecified atom stereocenters. The number of hydrogen-bond acceptors (Lipinski definition) is 4. The second kappa shape index (κ2) is 3.48. The summed E-state index contributed by atoms with van der Waals surface area (Å²) in [6.07, 6.45) is 0. The standard InChI is InChI=1S/C10H14N2O2/c11-7-1-2-9-8(3-7)10(12)6(4-13)5-14-9/h1-3,6,10,13H,4-5,11-12H2/t6-,10-/m1/s1. The first-order chi connectivity index (χ1) is 6.72. The van der Waals surface area contributed by atoms with Crippen molar-refractivity contribution in [2.45, 2.75) is 6.04 Å². The molecule has 2 atom stereocenters. The lowest BCUT2D eigenvalue weighted by Crippen LogP contribution is -2.33. The Morgan fingerprint density at radius 2 is 2.29 bits per heavy atom. The number of anilines is 1. The minimum absolute atomic E-state index is 0.0371. The Morgan fingerprint density at radius 3 is 3.00 bits per heavy atom. The molecular weight excluding hydrogens is 180 g/mol. The highest BCUT2D eigenvalue weighted by Gasteiger charge is 2.27. The molecule has 0 fully saturated rings. The fourth-order valence-corrected chi connectivity index (χ4v) is 1.68. The van der Waals surface area contributed by atoms with E-state index in [0.717, 1.165) is 11.3 Å². The summed E-state index contributed by atoms with van der Waals surface area (Å²) in [5.41, 5.74) is 13.2. The third-order valence-corrected chi connectivity index (χ3v) is 2.59. The summed E-state index contributed by atoms with van der Waals surface area (Å²) in [4.78, 5) is 0. The molecule has 0 amide bonds. The van der Waals surface area contributed by atoms with Gasteiger partial charge in [0, 0.05) is 23.2 Å². The molecule has 4 nitrogen and oxygen atoms in total. The molecular formula is C10H14N2O2. The van der Waals surface area contributed by atoms with Gasteiger partial charge in [0.1, 0.15) is 5.75 Å². The zero-order chi connectivity index (χ0) is 10.1. The van der Waals surface area contributed by atoms with Gasteiger partial charge in [-0.2, -0.15) is 0 Å². The Hall–Kier alpha value is -1.26. The first-order valence-electron chi connectivity index (χ1n) is 4.61. The van der Waals surface area contributed by atoms with Gasteiger partial charge < -0.3 is 21.3 Å². The van der Waals surface area contributed by atoms with Crippen molar-refractivity contribution in [3.63, 3.8) is 0 Å². The van der Waals surface area contributed by atoms with Crippen LogP contribution in [0.15, 0.2) is 18.2 Å². The van der Waals surface area contributed by atoms with Gasteiger partial charge in [0.05, 0.1) is 13.2 Å². The van der Waals surface area contributed by atoms with E-state index in [1.54, 1.807) is 6.07 Å². The van der Waals surface area contributed by atoms with Gasteiger partial charge in [-0.15, -0.1) is 0 Å². The first-order valence-corrected chi connectivity index (χ1v) is 4.61. The summed E-state index contributed by atoms with van der Waals surface area (Å²) < 4.78 is 5.46. The molecule has 76 valence electrons. The number of benzene rings is 1. The highest BCUT2D eigenvalue weighted by molar-refractivity contribution is 5.50. The van der Waals surface area contributed by atoms with Crippen molar-refractivity contribution in [1.29, 1.82) is 0 Å². The molecule has 2 rings (SSSR count). The smallest absolute Gasteiger partial charge is 0.124 e. The summed E-state index contributed by atoms with van der Waals surface area (Å²) in [5, 5.41) is 9.07. The number of aliphatic hydroxyl groups is 1. The van der Waals surface area contributed by atoms with Crippen LogP contribution in [0.5, 0.6) is 5.75 Å². The quantitative estimate of drug-likeness (QED) is 0.560. The molecule has 0 radical (unpaired) electrons. The summed E-state index contributed by atoms with van der Waals surface area (Å²) in [6, 6.07) is 5.22.